The maximum atomic E-state index is 12.9. The van der Waals surface area contributed by atoms with E-state index >= 15 is 0 Å². The average molecular weight is 555 g/mol. The van der Waals surface area contributed by atoms with Gasteiger partial charge in [-0.15, -0.1) is 0 Å². The second-order valence-electron chi connectivity index (χ2n) is 8.71. The summed E-state index contributed by atoms with van der Waals surface area (Å²) in [7, 11) is 0. The van der Waals surface area contributed by atoms with Crippen LogP contribution in [0.15, 0.2) is 77.3 Å². The molecule has 0 spiro atoms. The summed E-state index contributed by atoms with van der Waals surface area (Å²) in [4.78, 5) is 14.8. The van der Waals surface area contributed by atoms with Crippen molar-refractivity contribution in [2.75, 3.05) is 25.0 Å². The van der Waals surface area contributed by atoms with E-state index in [1.54, 1.807) is 0 Å². The number of likely N-dealkylation sites (tertiary alicyclic amines) is 1. The molecule has 5 heteroatoms. The number of carbonyl (C=O) groups is 1. The highest BCUT2D eigenvalue weighted by Crippen LogP contribution is 2.44. The number of benzene rings is 3. The number of fused-ring (bicyclic) bond motifs is 3. The number of nitrogens with zero attached hydrogens (tertiary/aromatic N) is 1. The lowest BCUT2D eigenvalue weighted by atomic mass is 9.74. The van der Waals surface area contributed by atoms with Crippen molar-refractivity contribution in [3.63, 3.8) is 0 Å². The van der Waals surface area contributed by atoms with Crippen LogP contribution >= 0.6 is 31.9 Å². The van der Waals surface area contributed by atoms with Crippen LogP contribution in [0.1, 0.15) is 35.4 Å². The third-order valence-corrected chi connectivity index (χ3v) is 8.63. The molecule has 1 amide bonds. The highest BCUT2D eigenvalue weighted by Gasteiger charge is 2.37. The van der Waals surface area contributed by atoms with E-state index in [0.29, 0.717) is 19.7 Å². The topological polar surface area (TPSA) is 29.5 Å². The van der Waals surface area contributed by atoms with E-state index in [1.165, 1.54) is 27.8 Å². The molecule has 1 aliphatic carbocycles. The van der Waals surface area contributed by atoms with E-state index in [4.69, 9.17) is 4.74 Å². The lowest BCUT2D eigenvalue weighted by molar-refractivity contribution is 0.0831. The molecule has 3 aromatic rings. The summed E-state index contributed by atoms with van der Waals surface area (Å²) >= 11 is 7.26. The highest BCUT2D eigenvalue weighted by molar-refractivity contribution is 9.10. The Kier molecular flexibility index (Phi) is 6.13. The van der Waals surface area contributed by atoms with Gasteiger partial charge in [-0.2, -0.15) is 0 Å². The predicted molar refractivity (Wildman–Crippen MR) is 135 cm³/mol. The van der Waals surface area contributed by atoms with Gasteiger partial charge in [-0.05, 0) is 52.8 Å². The second-order valence-corrected chi connectivity index (χ2v) is 10.2. The van der Waals surface area contributed by atoms with Crippen molar-refractivity contribution in [1.29, 1.82) is 0 Å². The Morgan fingerprint density at radius 2 is 1.47 bits per heavy atom. The lowest BCUT2D eigenvalue weighted by Crippen LogP contribution is -2.46. The van der Waals surface area contributed by atoms with Crippen molar-refractivity contribution in [2.24, 2.45) is 0 Å². The number of halogens is 2. The smallest absolute Gasteiger partial charge is 0.409 e. The summed E-state index contributed by atoms with van der Waals surface area (Å²) in [5, 5.41) is 0.889. The second kappa shape index (κ2) is 9.03. The van der Waals surface area contributed by atoms with Gasteiger partial charge in [0.05, 0.1) is 0 Å². The molecule has 0 saturated carbocycles. The number of ether oxygens (including phenoxy) is 1. The van der Waals surface area contributed by atoms with E-state index in [1.807, 2.05) is 4.90 Å². The summed E-state index contributed by atoms with van der Waals surface area (Å²) < 4.78 is 6.96. The molecule has 0 radical (unpaired) electrons. The van der Waals surface area contributed by atoms with Crippen LogP contribution in [0.3, 0.4) is 0 Å². The van der Waals surface area contributed by atoms with Gasteiger partial charge in [-0.25, -0.2) is 4.79 Å². The van der Waals surface area contributed by atoms with Crippen LogP contribution in [0.4, 0.5) is 4.79 Å². The molecule has 0 aromatic heterocycles. The van der Waals surface area contributed by atoms with Crippen molar-refractivity contribution in [3.8, 4) is 11.1 Å². The van der Waals surface area contributed by atoms with Crippen molar-refractivity contribution in [2.45, 2.75) is 24.2 Å². The standard InChI is InChI=1S/C27H25Br2NO2/c28-18-27(19-9-11-20(29)12-10-19)13-15-30(16-14-27)26(31)32-17-25-23-7-3-1-5-21(23)22-6-2-4-8-24(22)25/h1-12,25H,13-18H2. The van der Waals surface area contributed by atoms with Gasteiger partial charge in [0, 0.05) is 34.2 Å². The van der Waals surface area contributed by atoms with Crippen molar-refractivity contribution in [1.82, 2.24) is 4.90 Å². The molecule has 1 fully saturated rings. The molecule has 0 N–H and O–H groups in total. The first-order valence-corrected chi connectivity index (χ1v) is 12.9. The molecule has 164 valence electrons. The van der Waals surface area contributed by atoms with E-state index in [9.17, 15) is 4.79 Å². The number of hydrogen-bond acceptors (Lipinski definition) is 2. The highest BCUT2D eigenvalue weighted by atomic mass is 79.9. The Morgan fingerprint density at radius 3 is 2.03 bits per heavy atom. The molecule has 3 aromatic carbocycles. The molecule has 5 rings (SSSR count). The van der Waals surface area contributed by atoms with Crippen LogP contribution in [-0.4, -0.2) is 36.0 Å². The molecule has 32 heavy (non-hydrogen) atoms. The first-order valence-electron chi connectivity index (χ1n) is 11.0. The summed E-state index contributed by atoms with van der Waals surface area (Å²) in [6, 6.07) is 25.4. The fraction of sp³-hybridized carbons (Fsp3) is 0.296. The minimum atomic E-state index is -0.203. The van der Waals surface area contributed by atoms with E-state index in [2.05, 4.69) is 105 Å². The fourth-order valence-electron chi connectivity index (χ4n) is 5.11. The van der Waals surface area contributed by atoms with E-state index in [-0.39, 0.29) is 17.4 Å². The van der Waals surface area contributed by atoms with Gasteiger partial charge in [-0.3, -0.25) is 0 Å². The van der Waals surface area contributed by atoms with Crippen molar-refractivity contribution >= 4 is 38.0 Å². The molecule has 0 bridgehead atoms. The molecule has 1 saturated heterocycles. The summed E-state index contributed by atoms with van der Waals surface area (Å²) in [5.74, 6) is 0.0977. The quantitative estimate of drug-likeness (QED) is 0.321. The largest absolute Gasteiger partial charge is 0.448 e. The Balaban J connectivity index is 1.25. The van der Waals surface area contributed by atoms with Crippen LogP contribution in [-0.2, 0) is 10.2 Å². The normalized spacial score (nSPS) is 17.0. The molecular weight excluding hydrogens is 530 g/mol. The van der Waals surface area contributed by atoms with Crippen molar-refractivity contribution < 1.29 is 9.53 Å². The Bertz CT molecular complexity index is 1080. The maximum Gasteiger partial charge on any atom is 0.409 e. The SMILES string of the molecule is O=C(OCC1c2ccccc2-c2ccccc21)N1CCC(CBr)(c2ccc(Br)cc2)CC1. The average Bonchev–Trinajstić information content (AvgIpc) is 3.17. The van der Waals surface area contributed by atoms with E-state index < -0.39 is 0 Å². The third-order valence-electron chi connectivity index (χ3n) is 7.03. The minimum absolute atomic E-state index is 0.0564. The monoisotopic (exact) mass is 553 g/mol. The third kappa shape index (κ3) is 3.90. The zero-order chi connectivity index (χ0) is 22.1. The molecular formula is C27H25Br2NO2. The number of amides is 1. The maximum absolute atomic E-state index is 12.9. The van der Waals surface area contributed by atoms with Crippen LogP contribution < -0.4 is 0 Å². The van der Waals surface area contributed by atoms with Gasteiger partial charge in [0.25, 0.3) is 0 Å². The fourth-order valence-corrected chi connectivity index (χ4v) is 6.25. The van der Waals surface area contributed by atoms with E-state index in [0.717, 1.165) is 22.6 Å². The molecule has 3 nitrogen and oxygen atoms in total. The Morgan fingerprint density at radius 1 is 0.906 bits per heavy atom. The van der Waals surface area contributed by atoms with Crippen LogP contribution in [0.25, 0.3) is 11.1 Å². The number of piperidine rings is 1. The summed E-state index contributed by atoms with van der Waals surface area (Å²) in [6.07, 6.45) is 1.64. The van der Waals surface area contributed by atoms with Gasteiger partial charge in [-0.1, -0.05) is 92.5 Å². The molecule has 0 unspecified atom stereocenters. The number of carbonyl (C=O) groups excluding carboxylic acids is 1. The summed E-state index contributed by atoms with van der Waals surface area (Å²) in [6.45, 7) is 1.79. The van der Waals surface area contributed by atoms with Crippen molar-refractivity contribution in [3.05, 3.63) is 94.0 Å². The van der Waals surface area contributed by atoms with Crippen LogP contribution in [0, 0.1) is 0 Å². The van der Waals surface area contributed by atoms with Gasteiger partial charge < -0.3 is 9.64 Å². The minimum Gasteiger partial charge on any atom is -0.448 e. The van der Waals surface area contributed by atoms with Gasteiger partial charge in [0.15, 0.2) is 0 Å². The van der Waals surface area contributed by atoms with Gasteiger partial charge in [0.1, 0.15) is 6.61 Å². The zero-order valence-electron chi connectivity index (χ0n) is 17.8. The number of alkyl halides is 1. The summed E-state index contributed by atoms with van der Waals surface area (Å²) in [5.41, 5.74) is 6.37. The van der Waals surface area contributed by atoms with Crippen LogP contribution in [0.2, 0.25) is 0 Å². The van der Waals surface area contributed by atoms with Gasteiger partial charge >= 0.3 is 6.09 Å². The number of rotatable bonds is 4. The Hall–Kier alpha value is -2.11. The Labute approximate surface area is 206 Å². The first-order chi connectivity index (χ1) is 15.6. The molecule has 0 atom stereocenters. The zero-order valence-corrected chi connectivity index (χ0v) is 20.9. The first kappa shape index (κ1) is 21.7. The lowest BCUT2D eigenvalue weighted by Gasteiger charge is -2.41. The predicted octanol–water partition coefficient (Wildman–Crippen LogP) is 7.13. The molecule has 2 aliphatic rings. The van der Waals surface area contributed by atoms with Gasteiger partial charge in [0.2, 0.25) is 0 Å². The molecule has 1 aliphatic heterocycles. The number of hydrogen-bond donors (Lipinski definition) is 0. The molecule has 1 heterocycles. The van der Waals surface area contributed by atoms with Crippen LogP contribution in [0.5, 0.6) is 0 Å².